The van der Waals surface area contributed by atoms with Gasteiger partial charge in [-0.25, -0.2) is 4.79 Å². The second-order valence-electron chi connectivity index (χ2n) is 2.72. The lowest BCUT2D eigenvalue weighted by Gasteiger charge is -2.00. The molecule has 0 saturated heterocycles. The van der Waals surface area contributed by atoms with Crippen molar-refractivity contribution in [2.24, 2.45) is 0 Å². The van der Waals surface area contributed by atoms with E-state index >= 15 is 0 Å². The fourth-order valence-corrected chi connectivity index (χ4v) is 1.05. The predicted molar refractivity (Wildman–Crippen MR) is 56.9 cm³/mol. The topological polar surface area (TPSA) is 43.4 Å². The van der Waals surface area contributed by atoms with Gasteiger partial charge in [0.15, 0.2) is 0 Å². The molecule has 3 nitrogen and oxygen atoms in total. The van der Waals surface area contributed by atoms with Gasteiger partial charge in [0.2, 0.25) is 0 Å². The van der Waals surface area contributed by atoms with Gasteiger partial charge in [0.1, 0.15) is 6.61 Å². The fourth-order valence-electron chi connectivity index (χ4n) is 0.919. The van der Waals surface area contributed by atoms with Gasteiger partial charge in [-0.1, -0.05) is 24.3 Å². The summed E-state index contributed by atoms with van der Waals surface area (Å²) in [5, 5.41) is 0.506. The number of carbonyl (C=O) groups is 2. The van der Waals surface area contributed by atoms with Crippen LogP contribution in [0.3, 0.4) is 0 Å². The highest BCUT2D eigenvalue weighted by molar-refractivity contribution is 6.40. The van der Waals surface area contributed by atoms with Crippen molar-refractivity contribution in [2.75, 3.05) is 6.61 Å². The number of benzene rings is 1. The first-order valence-electron chi connectivity index (χ1n) is 4.23. The number of halogens is 1. The summed E-state index contributed by atoms with van der Waals surface area (Å²) in [6.45, 7) is 3.40. The monoisotopic (exact) mass is 224 g/mol. The van der Waals surface area contributed by atoms with E-state index in [4.69, 9.17) is 11.6 Å². The molecule has 1 rings (SSSR count). The molecule has 0 saturated carbocycles. The van der Waals surface area contributed by atoms with E-state index in [9.17, 15) is 9.59 Å². The number of ether oxygens (including phenoxy) is 1. The first-order valence-corrected chi connectivity index (χ1v) is 4.61. The molecule has 0 aliphatic carbocycles. The lowest BCUT2D eigenvalue weighted by Crippen LogP contribution is -2.17. The van der Waals surface area contributed by atoms with E-state index in [1.54, 1.807) is 0 Å². The molecule has 4 heteroatoms. The average molecular weight is 225 g/mol. The number of esters is 1. The summed E-state index contributed by atoms with van der Waals surface area (Å²) in [4.78, 5) is 22.5. The molecule has 0 bridgehead atoms. The highest BCUT2D eigenvalue weighted by Gasteiger charge is 2.16. The Morgan fingerprint density at radius 3 is 2.47 bits per heavy atom. The second kappa shape index (κ2) is 5.32. The Kier molecular flexibility index (Phi) is 4.06. The molecule has 0 aromatic heterocycles. The maximum absolute atomic E-state index is 11.4. The summed E-state index contributed by atoms with van der Waals surface area (Å²) in [6.07, 6.45) is 1.40. The van der Waals surface area contributed by atoms with Crippen molar-refractivity contribution in [2.45, 2.75) is 0 Å². The van der Waals surface area contributed by atoms with Gasteiger partial charge in [-0.05, 0) is 24.3 Å². The molecule has 0 heterocycles. The minimum atomic E-state index is -0.891. The molecule has 0 spiro atoms. The molecule has 0 atom stereocenters. The molecule has 0 unspecified atom stereocenters. The highest BCUT2D eigenvalue weighted by atomic mass is 35.5. The normalized spacial score (nSPS) is 9.40. The minimum absolute atomic E-state index is 0.0260. The molecule has 0 aliphatic rings. The predicted octanol–water partition coefficient (Wildman–Crippen LogP) is 2.25. The number of ketones is 1. The fraction of sp³-hybridized carbons (Fsp3) is 0.0909. The van der Waals surface area contributed by atoms with Crippen molar-refractivity contribution in [3.8, 4) is 0 Å². The Hall–Kier alpha value is -1.61. The molecular weight excluding hydrogens is 216 g/mol. The second-order valence-corrected chi connectivity index (χ2v) is 3.16. The molecule has 78 valence electrons. The number of rotatable bonds is 4. The summed E-state index contributed by atoms with van der Waals surface area (Å²) in [5.74, 6) is -1.58. The molecule has 1 aromatic rings. The van der Waals surface area contributed by atoms with Gasteiger partial charge in [-0.2, -0.15) is 0 Å². The minimum Gasteiger partial charge on any atom is -0.455 e. The van der Waals surface area contributed by atoms with Crippen LogP contribution in [0.15, 0.2) is 36.9 Å². The lowest BCUT2D eigenvalue weighted by atomic mass is 10.1. The smallest absolute Gasteiger partial charge is 0.379 e. The van der Waals surface area contributed by atoms with Crippen LogP contribution in [0, 0.1) is 0 Å². The van der Waals surface area contributed by atoms with Crippen LogP contribution < -0.4 is 0 Å². The zero-order chi connectivity index (χ0) is 11.3. The Morgan fingerprint density at radius 2 is 1.93 bits per heavy atom. The van der Waals surface area contributed by atoms with Crippen LogP contribution in [0.2, 0.25) is 5.02 Å². The number of hydrogen-bond donors (Lipinski definition) is 0. The van der Waals surface area contributed by atoms with Crippen molar-refractivity contribution in [1.29, 1.82) is 0 Å². The first kappa shape index (κ1) is 11.5. The van der Waals surface area contributed by atoms with Crippen LogP contribution in [0.1, 0.15) is 10.4 Å². The number of Topliss-reactive ketones (excluding diaryl/α,β-unsaturated/α-hetero) is 1. The molecule has 0 N–H and O–H groups in total. The molecular formula is C11H9ClO3. The molecule has 0 radical (unpaired) electrons. The Balaban J connectivity index is 2.72. The number of hydrogen-bond acceptors (Lipinski definition) is 3. The van der Waals surface area contributed by atoms with Gasteiger partial charge in [0.25, 0.3) is 5.78 Å². The van der Waals surface area contributed by atoms with Crippen molar-refractivity contribution < 1.29 is 14.3 Å². The maximum atomic E-state index is 11.4. The van der Waals surface area contributed by atoms with Gasteiger partial charge in [-0.3, -0.25) is 4.79 Å². The van der Waals surface area contributed by atoms with Crippen LogP contribution in [-0.2, 0) is 9.53 Å². The summed E-state index contributed by atoms with van der Waals surface area (Å²) in [5.41, 5.74) is 0.258. The third-order valence-electron chi connectivity index (χ3n) is 1.62. The Morgan fingerprint density at radius 1 is 1.33 bits per heavy atom. The summed E-state index contributed by atoms with van der Waals surface area (Å²) < 4.78 is 4.60. The van der Waals surface area contributed by atoms with Crippen LogP contribution in [-0.4, -0.2) is 18.4 Å². The van der Waals surface area contributed by atoms with Gasteiger partial charge in [-0.15, -0.1) is 0 Å². The quantitative estimate of drug-likeness (QED) is 0.341. The molecule has 0 aliphatic heterocycles. The maximum Gasteiger partial charge on any atom is 0.379 e. The van der Waals surface area contributed by atoms with Crippen LogP contribution >= 0.6 is 11.6 Å². The highest BCUT2D eigenvalue weighted by Crippen LogP contribution is 2.10. The van der Waals surface area contributed by atoms with Crippen molar-refractivity contribution in [3.63, 3.8) is 0 Å². The van der Waals surface area contributed by atoms with Crippen LogP contribution in [0.5, 0.6) is 0 Å². The van der Waals surface area contributed by atoms with E-state index in [0.717, 1.165) is 0 Å². The van der Waals surface area contributed by atoms with Crippen molar-refractivity contribution in [3.05, 3.63) is 47.5 Å². The first-order chi connectivity index (χ1) is 7.15. The standard InChI is InChI=1S/C11H9ClO3/c1-2-7-15-11(14)10(13)8-3-5-9(12)6-4-8/h2-6H,1,7H2. The largest absolute Gasteiger partial charge is 0.455 e. The third kappa shape index (κ3) is 3.22. The molecule has 1 aromatic carbocycles. The van der Waals surface area contributed by atoms with Crippen molar-refractivity contribution in [1.82, 2.24) is 0 Å². The zero-order valence-corrected chi connectivity index (χ0v) is 8.66. The SMILES string of the molecule is C=CCOC(=O)C(=O)c1ccc(Cl)cc1. The van der Waals surface area contributed by atoms with Gasteiger partial charge in [0, 0.05) is 10.6 Å². The zero-order valence-electron chi connectivity index (χ0n) is 7.90. The summed E-state index contributed by atoms with van der Waals surface area (Å²) in [7, 11) is 0. The van der Waals surface area contributed by atoms with Crippen LogP contribution in [0.4, 0.5) is 0 Å². The molecule has 15 heavy (non-hydrogen) atoms. The van der Waals surface area contributed by atoms with Gasteiger partial charge in [0.05, 0.1) is 0 Å². The molecule has 0 fully saturated rings. The van der Waals surface area contributed by atoms with Crippen LogP contribution in [0.25, 0.3) is 0 Å². The van der Waals surface area contributed by atoms with E-state index in [0.29, 0.717) is 5.02 Å². The number of carbonyl (C=O) groups excluding carboxylic acids is 2. The Labute approximate surface area is 92.3 Å². The van der Waals surface area contributed by atoms with E-state index in [-0.39, 0.29) is 12.2 Å². The molecule has 0 amide bonds. The van der Waals surface area contributed by atoms with Gasteiger partial charge >= 0.3 is 5.97 Å². The average Bonchev–Trinajstić information content (AvgIpc) is 2.26. The van der Waals surface area contributed by atoms with Crippen molar-refractivity contribution >= 4 is 23.4 Å². The van der Waals surface area contributed by atoms with E-state index in [1.807, 2.05) is 0 Å². The third-order valence-corrected chi connectivity index (χ3v) is 1.88. The summed E-state index contributed by atoms with van der Waals surface area (Å²) >= 11 is 5.64. The summed E-state index contributed by atoms with van der Waals surface area (Å²) in [6, 6.07) is 6.02. The Bertz CT molecular complexity index is 381. The van der Waals surface area contributed by atoms with E-state index in [1.165, 1.54) is 30.3 Å². The van der Waals surface area contributed by atoms with E-state index in [2.05, 4.69) is 11.3 Å². The lowest BCUT2D eigenvalue weighted by molar-refractivity contribution is -0.136. The van der Waals surface area contributed by atoms with Gasteiger partial charge < -0.3 is 4.74 Å². The van der Waals surface area contributed by atoms with E-state index < -0.39 is 11.8 Å².